The van der Waals surface area contributed by atoms with Crippen LogP contribution in [0.2, 0.25) is 10.0 Å². The quantitative estimate of drug-likeness (QED) is 0.608. The van der Waals surface area contributed by atoms with Gasteiger partial charge in [-0.25, -0.2) is 0 Å². The second-order valence-corrected chi connectivity index (χ2v) is 7.87. The Hall–Kier alpha value is -2.28. The Morgan fingerprint density at radius 3 is 2.38 bits per heavy atom. The number of hydrogen-bond donors (Lipinski definition) is 3. The number of phenols is 1. The minimum Gasteiger partial charge on any atom is -0.506 e. The van der Waals surface area contributed by atoms with Crippen LogP contribution in [0.4, 0.5) is 11.4 Å². The summed E-state index contributed by atoms with van der Waals surface area (Å²) in [7, 11) is 0. The van der Waals surface area contributed by atoms with E-state index in [1.807, 2.05) is 11.8 Å². The summed E-state index contributed by atoms with van der Waals surface area (Å²) in [5.41, 5.74) is 0.888. The summed E-state index contributed by atoms with van der Waals surface area (Å²) in [5, 5.41) is 16.1. The van der Waals surface area contributed by atoms with Crippen LogP contribution >= 0.6 is 23.2 Å². The third-order valence-electron chi connectivity index (χ3n) is 5.20. The molecule has 29 heavy (non-hydrogen) atoms. The number of carbonyl (C=O) groups is 2. The number of rotatable bonds is 5. The van der Waals surface area contributed by atoms with Gasteiger partial charge in [-0.2, -0.15) is 0 Å². The molecule has 3 rings (SSSR count). The van der Waals surface area contributed by atoms with Crippen molar-refractivity contribution in [2.24, 2.45) is 5.92 Å². The minimum atomic E-state index is -0.368. The van der Waals surface area contributed by atoms with Crippen LogP contribution in [0.1, 0.15) is 19.8 Å². The van der Waals surface area contributed by atoms with Gasteiger partial charge in [0.1, 0.15) is 5.75 Å². The molecule has 1 fully saturated rings. The zero-order chi connectivity index (χ0) is 21.0. The predicted molar refractivity (Wildman–Crippen MR) is 116 cm³/mol. The maximum absolute atomic E-state index is 12.6. The van der Waals surface area contributed by atoms with Crippen LogP contribution in [0.25, 0.3) is 0 Å². The molecule has 8 heteroatoms. The molecule has 2 amide bonds. The van der Waals surface area contributed by atoms with Crippen molar-refractivity contribution >= 4 is 46.4 Å². The SMILES string of the molecule is C[C@H](C(=O)Nc1cccc(Cl)c1Cl)N1CCC(C(=O)Nc2ccccc2O)CC1. The van der Waals surface area contributed by atoms with Crippen molar-refractivity contribution in [2.75, 3.05) is 23.7 Å². The number of amides is 2. The van der Waals surface area contributed by atoms with Gasteiger partial charge in [0.05, 0.1) is 27.5 Å². The second-order valence-electron chi connectivity index (χ2n) is 7.08. The van der Waals surface area contributed by atoms with Crippen LogP contribution in [0.5, 0.6) is 5.75 Å². The Kier molecular flexibility index (Phi) is 7.00. The van der Waals surface area contributed by atoms with Crippen molar-refractivity contribution < 1.29 is 14.7 Å². The fourth-order valence-electron chi connectivity index (χ4n) is 3.37. The predicted octanol–water partition coefficient (Wildman–Crippen LogP) is 4.38. The molecule has 154 valence electrons. The van der Waals surface area contributed by atoms with E-state index >= 15 is 0 Å². The van der Waals surface area contributed by atoms with Crippen LogP contribution < -0.4 is 10.6 Å². The highest BCUT2D eigenvalue weighted by molar-refractivity contribution is 6.44. The van der Waals surface area contributed by atoms with Gasteiger partial charge < -0.3 is 15.7 Å². The van der Waals surface area contributed by atoms with Gasteiger partial charge in [-0.1, -0.05) is 41.4 Å². The minimum absolute atomic E-state index is 0.0447. The summed E-state index contributed by atoms with van der Waals surface area (Å²) in [6.45, 7) is 3.07. The molecule has 1 aliphatic rings. The van der Waals surface area contributed by atoms with Crippen LogP contribution in [0, 0.1) is 5.92 Å². The van der Waals surface area contributed by atoms with E-state index in [-0.39, 0.29) is 29.5 Å². The first kappa shape index (κ1) is 21.4. The van der Waals surface area contributed by atoms with Crippen LogP contribution in [-0.4, -0.2) is 41.0 Å². The summed E-state index contributed by atoms with van der Waals surface area (Å²) in [4.78, 5) is 27.1. The van der Waals surface area contributed by atoms with E-state index < -0.39 is 0 Å². The van der Waals surface area contributed by atoms with Gasteiger partial charge in [0.25, 0.3) is 0 Å². The fraction of sp³-hybridized carbons (Fsp3) is 0.333. The van der Waals surface area contributed by atoms with Crippen molar-refractivity contribution in [2.45, 2.75) is 25.8 Å². The van der Waals surface area contributed by atoms with Gasteiger partial charge in [0.2, 0.25) is 11.8 Å². The molecule has 0 spiro atoms. The molecule has 1 aliphatic heterocycles. The lowest BCUT2D eigenvalue weighted by Crippen LogP contribution is -2.47. The zero-order valence-corrected chi connectivity index (χ0v) is 17.5. The summed E-state index contributed by atoms with van der Waals surface area (Å²) in [5.74, 6) is -0.410. The maximum Gasteiger partial charge on any atom is 0.241 e. The van der Waals surface area contributed by atoms with Crippen LogP contribution in [-0.2, 0) is 9.59 Å². The molecule has 0 unspecified atom stereocenters. The molecule has 0 radical (unpaired) electrons. The molecule has 1 heterocycles. The zero-order valence-electron chi connectivity index (χ0n) is 16.0. The molecule has 0 bridgehead atoms. The van der Waals surface area contributed by atoms with E-state index in [9.17, 15) is 14.7 Å². The van der Waals surface area contributed by atoms with E-state index in [0.29, 0.717) is 47.4 Å². The number of phenolic OH excluding ortho intramolecular Hbond substituents is 1. The highest BCUT2D eigenvalue weighted by atomic mass is 35.5. The van der Waals surface area contributed by atoms with E-state index in [1.165, 1.54) is 6.07 Å². The summed E-state index contributed by atoms with van der Waals surface area (Å²) in [6.07, 6.45) is 1.27. The largest absolute Gasteiger partial charge is 0.506 e. The number of anilines is 2. The number of likely N-dealkylation sites (tertiary alicyclic amines) is 1. The van der Waals surface area contributed by atoms with Crippen LogP contribution in [0.3, 0.4) is 0 Å². The average Bonchev–Trinajstić information content (AvgIpc) is 2.72. The first-order chi connectivity index (χ1) is 13.9. The Labute approximate surface area is 179 Å². The third-order valence-corrected chi connectivity index (χ3v) is 6.02. The number of aromatic hydroxyl groups is 1. The Balaban J connectivity index is 1.53. The number of carbonyl (C=O) groups excluding carboxylic acids is 2. The lowest BCUT2D eigenvalue weighted by atomic mass is 9.94. The van der Waals surface area contributed by atoms with Crippen LogP contribution in [0.15, 0.2) is 42.5 Å². The van der Waals surface area contributed by atoms with Gasteiger partial charge in [0.15, 0.2) is 0 Å². The van der Waals surface area contributed by atoms with Crippen molar-refractivity contribution in [3.05, 3.63) is 52.5 Å². The van der Waals surface area contributed by atoms with Gasteiger partial charge in [0, 0.05) is 5.92 Å². The number of halogens is 2. The molecule has 1 atom stereocenters. The molecule has 0 aromatic heterocycles. The van der Waals surface area contributed by atoms with Crippen molar-refractivity contribution in [3.8, 4) is 5.75 Å². The molecule has 2 aromatic carbocycles. The number of nitrogens with one attached hydrogen (secondary N) is 2. The highest BCUT2D eigenvalue weighted by Gasteiger charge is 2.30. The number of benzene rings is 2. The normalized spacial score (nSPS) is 16.2. The number of para-hydroxylation sites is 2. The standard InChI is InChI=1S/C21H23Cl2N3O3/c1-13(20(28)25-17-7-4-5-15(22)19(17)23)26-11-9-14(10-12-26)21(29)24-16-6-2-3-8-18(16)27/h2-8,13-14,27H,9-12H2,1H3,(H,24,29)(H,25,28)/t13-/m1/s1. The Morgan fingerprint density at radius 2 is 1.69 bits per heavy atom. The van der Waals surface area contributed by atoms with Crippen molar-refractivity contribution in [1.82, 2.24) is 4.90 Å². The molecule has 3 N–H and O–H groups in total. The molecule has 2 aromatic rings. The molecule has 1 saturated heterocycles. The van der Waals surface area contributed by atoms with E-state index in [0.717, 1.165) is 0 Å². The number of nitrogens with zero attached hydrogens (tertiary/aromatic N) is 1. The van der Waals surface area contributed by atoms with Crippen molar-refractivity contribution in [1.29, 1.82) is 0 Å². The molecule has 0 aliphatic carbocycles. The number of hydrogen-bond acceptors (Lipinski definition) is 4. The average molecular weight is 436 g/mol. The first-order valence-corrected chi connectivity index (χ1v) is 10.2. The summed E-state index contributed by atoms with van der Waals surface area (Å²) in [6, 6.07) is 11.4. The fourth-order valence-corrected chi connectivity index (χ4v) is 3.71. The third kappa shape index (κ3) is 5.21. The molecular weight excluding hydrogens is 413 g/mol. The topological polar surface area (TPSA) is 81.7 Å². The Bertz CT molecular complexity index is 898. The summed E-state index contributed by atoms with van der Waals surface area (Å²) < 4.78 is 0. The van der Waals surface area contributed by atoms with E-state index in [2.05, 4.69) is 10.6 Å². The first-order valence-electron chi connectivity index (χ1n) is 9.44. The maximum atomic E-state index is 12.6. The Morgan fingerprint density at radius 1 is 1.03 bits per heavy atom. The summed E-state index contributed by atoms with van der Waals surface area (Å²) >= 11 is 12.1. The van der Waals surface area contributed by atoms with Gasteiger partial charge in [-0.3, -0.25) is 14.5 Å². The highest BCUT2D eigenvalue weighted by Crippen LogP contribution is 2.30. The van der Waals surface area contributed by atoms with Crippen molar-refractivity contribution in [3.63, 3.8) is 0 Å². The lowest BCUT2D eigenvalue weighted by Gasteiger charge is -2.34. The number of piperidine rings is 1. The second kappa shape index (κ2) is 9.48. The van der Waals surface area contributed by atoms with E-state index in [1.54, 1.807) is 36.4 Å². The van der Waals surface area contributed by atoms with Gasteiger partial charge in [-0.05, 0) is 57.1 Å². The smallest absolute Gasteiger partial charge is 0.241 e. The monoisotopic (exact) mass is 435 g/mol. The van der Waals surface area contributed by atoms with Gasteiger partial charge in [-0.15, -0.1) is 0 Å². The molecule has 6 nitrogen and oxygen atoms in total. The van der Waals surface area contributed by atoms with E-state index in [4.69, 9.17) is 23.2 Å². The molecule has 0 saturated carbocycles. The molecular formula is C21H23Cl2N3O3. The van der Waals surface area contributed by atoms with Gasteiger partial charge >= 0.3 is 0 Å². The lowest BCUT2D eigenvalue weighted by molar-refractivity contribution is -0.123.